The minimum absolute atomic E-state index is 0.0712. The molecule has 0 unspecified atom stereocenters. The summed E-state index contributed by atoms with van der Waals surface area (Å²) in [6.07, 6.45) is -4.46. The summed E-state index contributed by atoms with van der Waals surface area (Å²) in [5.74, 6) is -0.551. The van der Waals surface area contributed by atoms with Crippen molar-refractivity contribution in [3.8, 4) is 0 Å². The predicted octanol–water partition coefficient (Wildman–Crippen LogP) is 5.19. The minimum Gasteiger partial charge on any atom is -0.461 e. The van der Waals surface area contributed by atoms with E-state index in [0.717, 1.165) is 17.0 Å². The van der Waals surface area contributed by atoms with E-state index in [1.54, 1.807) is 36.6 Å². The lowest BCUT2D eigenvalue weighted by Gasteiger charge is -2.16. The van der Waals surface area contributed by atoms with E-state index in [1.807, 2.05) is 12.1 Å². The molecule has 0 N–H and O–H groups in total. The molecule has 0 aliphatic rings. The van der Waals surface area contributed by atoms with Crippen LogP contribution in [-0.2, 0) is 17.5 Å². The van der Waals surface area contributed by atoms with Gasteiger partial charge in [-0.15, -0.1) is 0 Å². The van der Waals surface area contributed by atoms with Crippen LogP contribution >= 0.6 is 0 Å². The first-order valence-corrected chi connectivity index (χ1v) is 8.23. The van der Waals surface area contributed by atoms with E-state index in [-0.39, 0.29) is 24.4 Å². The standard InChI is InChI=1S/C20H18F3NO2/c1-3-26-19(25)18-11-14-6-4-5-7-17(14)24(18)12-15-10-13(2)8-9-16(15)20(21,22)23/h4-11H,3,12H2,1-2H3. The topological polar surface area (TPSA) is 31.2 Å². The number of halogens is 3. The second-order valence-electron chi connectivity index (χ2n) is 6.05. The molecule has 0 aliphatic heterocycles. The lowest BCUT2D eigenvalue weighted by molar-refractivity contribution is -0.138. The van der Waals surface area contributed by atoms with Gasteiger partial charge in [0, 0.05) is 17.4 Å². The number of aryl methyl sites for hydroxylation is 1. The fraction of sp³-hybridized carbons (Fsp3) is 0.250. The number of para-hydroxylation sites is 1. The highest BCUT2D eigenvalue weighted by molar-refractivity contribution is 5.95. The maximum atomic E-state index is 13.4. The Labute approximate surface area is 149 Å². The smallest absolute Gasteiger partial charge is 0.416 e. The molecule has 0 amide bonds. The van der Waals surface area contributed by atoms with Crippen LogP contribution in [0.4, 0.5) is 13.2 Å². The van der Waals surface area contributed by atoms with Crippen LogP contribution in [0.3, 0.4) is 0 Å². The van der Waals surface area contributed by atoms with Gasteiger partial charge in [0.1, 0.15) is 5.69 Å². The number of hydrogen-bond acceptors (Lipinski definition) is 2. The molecule has 3 rings (SSSR count). The molecule has 26 heavy (non-hydrogen) atoms. The average molecular weight is 361 g/mol. The second-order valence-corrected chi connectivity index (χ2v) is 6.05. The number of alkyl halides is 3. The Bertz CT molecular complexity index is 957. The molecule has 1 aromatic heterocycles. The van der Waals surface area contributed by atoms with Gasteiger partial charge >= 0.3 is 12.1 Å². The molecule has 6 heteroatoms. The molecule has 0 saturated heterocycles. The molecule has 0 saturated carbocycles. The highest BCUT2D eigenvalue weighted by Gasteiger charge is 2.33. The van der Waals surface area contributed by atoms with E-state index in [2.05, 4.69) is 0 Å². The molecule has 0 aliphatic carbocycles. The van der Waals surface area contributed by atoms with E-state index in [1.165, 1.54) is 12.1 Å². The fourth-order valence-electron chi connectivity index (χ4n) is 3.06. The summed E-state index contributed by atoms with van der Waals surface area (Å²) in [5.41, 5.74) is 1.06. The molecule has 0 radical (unpaired) electrons. The van der Waals surface area contributed by atoms with Crippen LogP contribution < -0.4 is 0 Å². The molecular weight excluding hydrogens is 343 g/mol. The minimum atomic E-state index is -4.46. The normalized spacial score (nSPS) is 11.7. The number of carbonyl (C=O) groups excluding carboxylic acids is 1. The first kappa shape index (κ1) is 18.0. The molecule has 0 spiro atoms. The van der Waals surface area contributed by atoms with Gasteiger partial charge in [0.05, 0.1) is 12.2 Å². The van der Waals surface area contributed by atoms with Gasteiger partial charge in [0.15, 0.2) is 0 Å². The van der Waals surface area contributed by atoms with Crippen molar-refractivity contribution in [1.29, 1.82) is 0 Å². The third-order valence-electron chi connectivity index (χ3n) is 4.19. The van der Waals surface area contributed by atoms with E-state index in [9.17, 15) is 18.0 Å². The zero-order valence-corrected chi connectivity index (χ0v) is 14.4. The SMILES string of the molecule is CCOC(=O)c1cc2ccccc2n1Cc1cc(C)ccc1C(F)(F)F. The number of fused-ring (bicyclic) bond motifs is 1. The van der Waals surface area contributed by atoms with Gasteiger partial charge in [0.2, 0.25) is 0 Å². The number of carbonyl (C=O) groups is 1. The maximum Gasteiger partial charge on any atom is 0.416 e. The fourth-order valence-corrected chi connectivity index (χ4v) is 3.06. The zero-order valence-electron chi connectivity index (χ0n) is 14.4. The Morgan fingerprint density at radius 1 is 1.12 bits per heavy atom. The van der Waals surface area contributed by atoms with E-state index in [0.29, 0.717) is 5.52 Å². The molecule has 0 fully saturated rings. The van der Waals surface area contributed by atoms with E-state index in [4.69, 9.17) is 4.74 Å². The zero-order chi connectivity index (χ0) is 18.9. The molecule has 3 nitrogen and oxygen atoms in total. The molecule has 136 valence electrons. The summed E-state index contributed by atoms with van der Waals surface area (Å²) in [6.45, 7) is 3.55. The van der Waals surface area contributed by atoms with Crippen LogP contribution in [-0.4, -0.2) is 17.1 Å². The van der Waals surface area contributed by atoms with Crippen LogP contribution in [0, 0.1) is 6.92 Å². The third-order valence-corrected chi connectivity index (χ3v) is 4.19. The Morgan fingerprint density at radius 2 is 1.85 bits per heavy atom. The Kier molecular flexibility index (Phi) is 4.76. The molecule has 3 aromatic rings. The van der Waals surface area contributed by atoms with Crippen LogP contribution in [0.1, 0.15) is 34.1 Å². The monoisotopic (exact) mass is 361 g/mol. The predicted molar refractivity (Wildman–Crippen MR) is 93.2 cm³/mol. The quantitative estimate of drug-likeness (QED) is 0.599. The summed E-state index contributed by atoms with van der Waals surface area (Å²) in [7, 11) is 0. The summed E-state index contributed by atoms with van der Waals surface area (Å²) in [5, 5.41) is 0.775. The Morgan fingerprint density at radius 3 is 2.54 bits per heavy atom. The highest BCUT2D eigenvalue weighted by Crippen LogP contribution is 2.34. The average Bonchev–Trinajstić information content (AvgIpc) is 2.93. The van der Waals surface area contributed by atoms with Gasteiger partial charge in [0.25, 0.3) is 0 Å². The van der Waals surface area contributed by atoms with Gasteiger partial charge in [-0.1, -0.05) is 35.9 Å². The van der Waals surface area contributed by atoms with Crippen molar-refractivity contribution in [2.75, 3.05) is 6.61 Å². The number of esters is 1. The first-order valence-electron chi connectivity index (χ1n) is 8.23. The molecule has 2 aromatic carbocycles. The van der Waals surface area contributed by atoms with Crippen LogP contribution in [0.5, 0.6) is 0 Å². The highest BCUT2D eigenvalue weighted by atomic mass is 19.4. The van der Waals surface area contributed by atoms with Crippen molar-refractivity contribution < 1.29 is 22.7 Å². The second kappa shape index (κ2) is 6.86. The van der Waals surface area contributed by atoms with Crippen LogP contribution in [0.2, 0.25) is 0 Å². The third kappa shape index (κ3) is 3.45. The number of hydrogen-bond donors (Lipinski definition) is 0. The van der Waals surface area contributed by atoms with Crippen LogP contribution in [0.25, 0.3) is 10.9 Å². The summed E-state index contributed by atoms with van der Waals surface area (Å²) < 4.78 is 46.9. The lowest BCUT2D eigenvalue weighted by atomic mass is 10.0. The van der Waals surface area contributed by atoms with Crippen molar-refractivity contribution in [2.45, 2.75) is 26.6 Å². The molecule has 0 bridgehead atoms. The number of rotatable bonds is 4. The Hall–Kier alpha value is -2.76. The maximum absolute atomic E-state index is 13.4. The first-order chi connectivity index (χ1) is 12.3. The Balaban J connectivity index is 2.16. The van der Waals surface area contributed by atoms with Crippen molar-refractivity contribution in [3.63, 3.8) is 0 Å². The summed E-state index contributed by atoms with van der Waals surface area (Å²) in [4.78, 5) is 12.3. The number of nitrogens with zero attached hydrogens (tertiary/aromatic N) is 1. The van der Waals surface area contributed by atoms with E-state index < -0.39 is 17.7 Å². The van der Waals surface area contributed by atoms with Crippen LogP contribution in [0.15, 0.2) is 48.5 Å². The van der Waals surface area contributed by atoms with Gasteiger partial charge in [-0.3, -0.25) is 0 Å². The molecule has 0 atom stereocenters. The lowest BCUT2D eigenvalue weighted by Crippen LogP contribution is -2.16. The summed E-state index contributed by atoms with van der Waals surface area (Å²) in [6, 6.07) is 12.9. The van der Waals surface area contributed by atoms with Crippen molar-refractivity contribution in [2.24, 2.45) is 0 Å². The largest absolute Gasteiger partial charge is 0.461 e. The van der Waals surface area contributed by atoms with Gasteiger partial charge < -0.3 is 9.30 Å². The summed E-state index contributed by atoms with van der Waals surface area (Å²) >= 11 is 0. The number of ether oxygens (including phenoxy) is 1. The van der Waals surface area contributed by atoms with Gasteiger partial charge in [-0.2, -0.15) is 13.2 Å². The number of benzene rings is 2. The molecule has 1 heterocycles. The van der Waals surface area contributed by atoms with E-state index >= 15 is 0 Å². The van der Waals surface area contributed by atoms with Crippen molar-refractivity contribution in [3.05, 3.63) is 70.9 Å². The van der Waals surface area contributed by atoms with Crippen molar-refractivity contribution in [1.82, 2.24) is 4.57 Å². The van der Waals surface area contributed by atoms with Crippen molar-refractivity contribution >= 4 is 16.9 Å². The van der Waals surface area contributed by atoms with Gasteiger partial charge in [-0.25, -0.2) is 4.79 Å². The number of aromatic nitrogens is 1. The molecular formula is C20H18F3NO2. The van der Waals surface area contributed by atoms with Gasteiger partial charge in [-0.05, 0) is 37.6 Å².